The van der Waals surface area contributed by atoms with Gasteiger partial charge in [0.05, 0.1) is 13.1 Å². The van der Waals surface area contributed by atoms with Gasteiger partial charge in [0.1, 0.15) is 6.61 Å². The normalized spacial score (nSPS) is 14.2. The maximum atomic E-state index is 13.6. The van der Waals surface area contributed by atoms with E-state index in [1.807, 2.05) is 11.0 Å². The van der Waals surface area contributed by atoms with E-state index in [2.05, 4.69) is 54.1 Å². The zero-order valence-electron chi connectivity index (χ0n) is 20.2. The Bertz CT molecular complexity index is 859. The SMILES string of the molecule is CCCCN(CC(=O)N(Cc1cccn1Cc1ccccc1)C1CCCCC1)C(=O)COC. The first-order chi connectivity index (χ1) is 16.1. The minimum absolute atomic E-state index is 0.0142. The molecule has 0 bridgehead atoms. The van der Waals surface area contributed by atoms with E-state index >= 15 is 0 Å². The summed E-state index contributed by atoms with van der Waals surface area (Å²) >= 11 is 0. The Kier molecular flexibility index (Phi) is 10.0. The van der Waals surface area contributed by atoms with Gasteiger partial charge in [-0.3, -0.25) is 9.59 Å². The van der Waals surface area contributed by atoms with Crippen LogP contribution in [0.5, 0.6) is 0 Å². The lowest BCUT2D eigenvalue weighted by Crippen LogP contribution is -2.48. The first-order valence-electron chi connectivity index (χ1n) is 12.4. The summed E-state index contributed by atoms with van der Waals surface area (Å²) in [7, 11) is 1.52. The van der Waals surface area contributed by atoms with Crippen LogP contribution in [0.25, 0.3) is 0 Å². The van der Waals surface area contributed by atoms with Crippen molar-refractivity contribution in [3.8, 4) is 0 Å². The first-order valence-corrected chi connectivity index (χ1v) is 12.4. The third-order valence-electron chi connectivity index (χ3n) is 6.52. The molecule has 1 fully saturated rings. The molecule has 3 rings (SSSR count). The van der Waals surface area contributed by atoms with Crippen molar-refractivity contribution >= 4 is 11.8 Å². The molecule has 0 N–H and O–H groups in total. The topological polar surface area (TPSA) is 54.8 Å². The number of methoxy groups -OCH3 is 1. The highest BCUT2D eigenvalue weighted by Crippen LogP contribution is 2.25. The molecule has 1 heterocycles. The van der Waals surface area contributed by atoms with Gasteiger partial charge in [-0.1, -0.05) is 62.9 Å². The van der Waals surface area contributed by atoms with Gasteiger partial charge in [0.2, 0.25) is 11.8 Å². The van der Waals surface area contributed by atoms with Gasteiger partial charge in [-0.05, 0) is 37.0 Å². The Morgan fingerprint density at radius 1 is 1.03 bits per heavy atom. The molecule has 0 spiro atoms. The molecule has 0 saturated heterocycles. The van der Waals surface area contributed by atoms with Crippen molar-refractivity contribution in [3.05, 3.63) is 59.9 Å². The van der Waals surface area contributed by atoms with Crippen molar-refractivity contribution in [1.82, 2.24) is 14.4 Å². The number of nitrogens with zero attached hydrogens (tertiary/aromatic N) is 3. The number of hydrogen-bond donors (Lipinski definition) is 0. The van der Waals surface area contributed by atoms with E-state index in [0.717, 1.165) is 50.8 Å². The molecule has 0 aliphatic heterocycles. The molecular weight excluding hydrogens is 414 g/mol. The predicted octanol–water partition coefficient (Wildman–Crippen LogP) is 4.47. The molecule has 1 saturated carbocycles. The number of carbonyl (C=O) groups is 2. The summed E-state index contributed by atoms with van der Waals surface area (Å²) in [6.07, 6.45) is 9.55. The molecule has 2 aromatic rings. The summed E-state index contributed by atoms with van der Waals surface area (Å²) in [4.78, 5) is 29.9. The lowest BCUT2D eigenvalue weighted by molar-refractivity contribution is -0.144. The van der Waals surface area contributed by atoms with Crippen molar-refractivity contribution in [2.24, 2.45) is 0 Å². The number of benzene rings is 1. The molecule has 180 valence electrons. The number of carbonyl (C=O) groups excluding carboxylic acids is 2. The highest BCUT2D eigenvalue weighted by atomic mass is 16.5. The van der Waals surface area contributed by atoms with Gasteiger partial charge >= 0.3 is 0 Å². The molecule has 33 heavy (non-hydrogen) atoms. The number of amides is 2. The molecule has 6 nitrogen and oxygen atoms in total. The van der Waals surface area contributed by atoms with E-state index in [1.165, 1.54) is 19.1 Å². The van der Waals surface area contributed by atoms with Crippen LogP contribution >= 0.6 is 0 Å². The fourth-order valence-electron chi connectivity index (χ4n) is 4.63. The average molecular weight is 454 g/mol. The van der Waals surface area contributed by atoms with Gasteiger partial charge in [-0.2, -0.15) is 0 Å². The lowest BCUT2D eigenvalue weighted by atomic mass is 9.94. The fourth-order valence-corrected chi connectivity index (χ4v) is 4.63. The quantitative estimate of drug-likeness (QED) is 0.476. The molecule has 0 atom stereocenters. The standard InChI is InChI=1S/C27H39N3O3/c1-3-4-17-29(27(32)22-33-2)21-26(31)30(24-14-9-6-10-15-24)20-25-16-11-18-28(25)19-23-12-7-5-8-13-23/h5,7-8,11-13,16,18,24H,3-4,6,9-10,14-15,17,19-22H2,1-2H3. The summed E-state index contributed by atoms with van der Waals surface area (Å²) < 4.78 is 7.29. The van der Waals surface area contributed by atoms with Crippen molar-refractivity contribution in [2.45, 2.75) is 71.0 Å². The van der Waals surface area contributed by atoms with E-state index in [-0.39, 0.29) is 31.0 Å². The van der Waals surface area contributed by atoms with Gasteiger partial charge < -0.3 is 19.1 Å². The van der Waals surface area contributed by atoms with E-state index in [9.17, 15) is 9.59 Å². The minimum Gasteiger partial charge on any atom is -0.375 e. The lowest BCUT2D eigenvalue weighted by Gasteiger charge is -2.36. The van der Waals surface area contributed by atoms with Gasteiger partial charge in [-0.25, -0.2) is 0 Å². The Labute approximate surface area is 198 Å². The summed E-state index contributed by atoms with van der Waals surface area (Å²) in [5.74, 6) is -0.0785. The first kappa shape index (κ1) is 25.0. The molecule has 1 aliphatic carbocycles. The molecule has 0 unspecified atom stereocenters. The fraction of sp³-hybridized carbons (Fsp3) is 0.556. The van der Waals surface area contributed by atoms with Crippen LogP contribution in [0.4, 0.5) is 0 Å². The summed E-state index contributed by atoms with van der Waals surface area (Å²) in [6, 6.07) is 14.8. The van der Waals surface area contributed by atoms with Crippen molar-refractivity contribution in [2.75, 3.05) is 26.8 Å². The zero-order valence-corrected chi connectivity index (χ0v) is 20.2. The smallest absolute Gasteiger partial charge is 0.249 e. The van der Waals surface area contributed by atoms with E-state index in [0.29, 0.717) is 13.1 Å². The maximum Gasteiger partial charge on any atom is 0.249 e. The molecule has 6 heteroatoms. The molecule has 1 aromatic heterocycles. The van der Waals surface area contributed by atoms with Crippen LogP contribution in [0.3, 0.4) is 0 Å². The number of ether oxygens (including phenoxy) is 1. The third-order valence-corrected chi connectivity index (χ3v) is 6.52. The Hall–Kier alpha value is -2.60. The van der Waals surface area contributed by atoms with Crippen molar-refractivity contribution in [1.29, 1.82) is 0 Å². The maximum absolute atomic E-state index is 13.6. The Balaban J connectivity index is 1.76. The van der Waals surface area contributed by atoms with Crippen LogP contribution in [-0.2, 0) is 27.4 Å². The number of aromatic nitrogens is 1. The van der Waals surface area contributed by atoms with Crippen LogP contribution in [-0.4, -0.2) is 59.0 Å². The average Bonchev–Trinajstić information content (AvgIpc) is 3.27. The van der Waals surface area contributed by atoms with Crippen LogP contribution < -0.4 is 0 Å². The third kappa shape index (κ3) is 7.46. The number of unbranched alkanes of at least 4 members (excludes halogenated alkanes) is 1. The Morgan fingerprint density at radius 3 is 2.48 bits per heavy atom. The van der Waals surface area contributed by atoms with Crippen molar-refractivity contribution in [3.63, 3.8) is 0 Å². The molecule has 1 aromatic carbocycles. The second kappa shape index (κ2) is 13.2. The van der Waals surface area contributed by atoms with E-state index in [4.69, 9.17) is 4.74 Å². The second-order valence-corrected chi connectivity index (χ2v) is 9.03. The molecular formula is C27H39N3O3. The van der Waals surface area contributed by atoms with Crippen LogP contribution in [0.2, 0.25) is 0 Å². The van der Waals surface area contributed by atoms with E-state index < -0.39 is 0 Å². The largest absolute Gasteiger partial charge is 0.375 e. The highest BCUT2D eigenvalue weighted by molar-refractivity contribution is 5.85. The van der Waals surface area contributed by atoms with Gasteiger partial charge in [0.15, 0.2) is 0 Å². The zero-order chi connectivity index (χ0) is 23.5. The van der Waals surface area contributed by atoms with Crippen LogP contribution in [0.15, 0.2) is 48.7 Å². The van der Waals surface area contributed by atoms with Crippen LogP contribution in [0.1, 0.15) is 63.1 Å². The monoisotopic (exact) mass is 453 g/mol. The summed E-state index contributed by atoms with van der Waals surface area (Å²) in [5, 5.41) is 0. The van der Waals surface area contributed by atoms with Crippen LogP contribution in [0, 0.1) is 0 Å². The number of hydrogen-bond acceptors (Lipinski definition) is 3. The second-order valence-electron chi connectivity index (χ2n) is 9.03. The van der Waals surface area contributed by atoms with Gasteiger partial charge in [0.25, 0.3) is 0 Å². The van der Waals surface area contributed by atoms with E-state index in [1.54, 1.807) is 4.90 Å². The highest BCUT2D eigenvalue weighted by Gasteiger charge is 2.28. The summed E-state index contributed by atoms with van der Waals surface area (Å²) in [5.41, 5.74) is 2.36. The predicted molar refractivity (Wildman–Crippen MR) is 131 cm³/mol. The Morgan fingerprint density at radius 2 is 1.79 bits per heavy atom. The summed E-state index contributed by atoms with van der Waals surface area (Å²) in [6.45, 7) is 4.18. The molecule has 1 aliphatic rings. The molecule has 0 radical (unpaired) electrons. The molecule has 2 amide bonds. The minimum atomic E-state index is -0.115. The van der Waals surface area contributed by atoms with Gasteiger partial charge in [0, 0.05) is 38.1 Å². The van der Waals surface area contributed by atoms with Gasteiger partial charge in [-0.15, -0.1) is 0 Å². The van der Waals surface area contributed by atoms with Crippen molar-refractivity contribution < 1.29 is 14.3 Å². The number of rotatable bonds is 12.